The normalized spacial score (nSPS) is 10.9. The zero-order valence-corrected chi connectivity index (χ0v) is 13.3. The second kappa shape index (κ2) is 5.85. The highest BCUT2D eigenvalue weighted by Gasteiger charge is 2.08. The first-order valence-corrected chi connectivity index (χ1v) is 7.52. The first-order valence-electron chi connectivity index (χ1n) is 7.14. The largest absolute Gasteiger partial charge is 0.338 e. The van der Waals surface area contributed by atoms with Crippen molar-refractivity contribution in [2.45, 2.75) is 20.4 Å². The van der Waals surface area contributed by atoms with Crippen molar-refractivity contribution in [3.05, 3.63) is 64.8 Å². The van der Waals surface area contributed by atoms with Gasteiger partial charge in [-0.2, -0.15) is 0 Å². The smallest absolute Gasteiger partial charge is 0.244 e. The van der Waals surface area contributed by atoms with Crippen LogP contribution < -0.4 is 5.32 Å². The third-order valence-electron chi connectivity index (χ3n) is 3.70. The van der Waals surface area contributed by atoms with E-state index in [-0.39, 0.29) is 12.5 Å². The van der Waals surface area contributed by atoms with Crippen LogP contribution in [0.25, 0.3) is 10.9 Å². The predicted molar refractivity (Wildman–Crippen MR) is 91.5 cm³/mol. The summed E-state index contributed by atoms with van der Waals surface area (Å²) in [6.07, 6.45) is 1.91. The van der Waals surface area contributed by atoms with Gasteiger partial charge < -0.3 is 9.88 Å². The van der Waals surface area contributed by atoms with Gasteiger partial charge in [0.15, 0.2) is 0 Å². The van der Waals surface area contributed by atoms with Crippen LogP contribution in [0, 0.1) is 13.8 Å². The first-order chi connectivity index (χ1) is 10.5. The third kappa shape index (κ3) is 3.00. The Morgan fingerprint density at radius 2 is 1.95 bits per heavy atom. The number of nitrogens with zero attached hydrogens (tertiary/aromatic N) is 1. The van der Waals surface area contributed by atoms with Crippen LogP contribution in [0.2, 0.25) is 5.02 Å². The molecule has 0 atom stereocenters. The van der Waals surface area contributed by atoms with Gasteiger partial charge in [0.05, 0.1) is 0 Å². The third-order valence-corrected chi connectivity index (χ3v) is 3.94. The predicted octanol–water partition coefficient (Wildman–Crippen LogP) is 4.55. The lowest BCUT2D eigenvalue weighted by Crippen LogP contribution is -2.18. The van der Waals surface area contributed by atoms with Crippen molar-refractivity contribution < 1.29 is 4.79 Å². The summed E-state index contributed by atoms with van der Waals surface area (Å²) in [6.45, 7) is 4.31. The molecule has 0 aliphatic carbocycles. The van der Waals surface area contributed by atoms with Crippen molar-refractivity contribution in [1.29, 1.82) is 0 Å². The summed E-state index contributed by atoms with van der Waals surface area (Å²) in [6, 6.07) is 13.6. The summed E-state index contributed by atoms with van der Waals surface area (Å²) >= 11 is 5.98. The molecule has 112 valence electrons. The molecule has 1 N–H and O–H groups in total. The fraction of sp³-hybridized carbons (Fsp3) is 0.167. The maximum absolute atomic E-state index is 12.3. The molecule has 1 heterocycles. The van der Waals surface area contributed by atoms with Crippen molar-refractivity contribution in [2.75, 3.05) is 5.32 Å². The van der Waals surface area contributed by atoms with Crippen LogP contribution in [0.15, 0.2) is 48.7 Å². The van der Waals surface area contributed by atoms with E-state index in [0.29, 0.717) is 5.02 Å². The highest BCUT2D eigenvalue weighted by atomic mass is 35.5. The second-order valence-corrected chi connectivity index (χ2v) is 5.95. The fourth-order valence-electron chi connectivity index (χ4n) is 2.61. The van der Waals surface area contributed by atoms with Crippen LogP contribution in [0.3, 0.4) is 0 Å². The number of halogens is 1. The Labute approximate surface area is 134 Å². The molecule has 0 saturated carbocycles. The van der Waals surface area contributed by atoms with Crippen LogP contribution in [0.5, 0.6) is 0 Å². The van der Waals surface area contributed by atoms with E-state index < -0.39 is 0 Å². The fourth-order valence-corrected chi connectivity index (χ4v) is 2.79. The Kier molecular flexibility index (Phi) is 3.90. The number of carbonyl (C=O) groups excluding carboxylic acids is 1. The van der Waals surface area contributed by atoms with Gasteiger partial charge in [0.2, 0.25) is 5.91 Å². The summed E-state index contributed by atoms with van der Waals surface area (Å²) in [5.41, 5.74) is 4.11. The number of aromatic nitrogens is 1. The molecule has 3 rings (SSSR count). The molecule has 4 heteroatoms. The number of hydrogen-bond acceptors (Lipinski definition) is 1. The minimum Gasteiger partial charge on any atom is -0.338 e. The number of hydrogen-bond donors (Lipinski definition) is 1. The van der Waals surface area contributed by atoms with Crippen molar-refractivity contribution >= 4 is 34.1 Å². The van der Waals surface area contributed by atoms with Gasteiger partial charge in [-0.05, 0) is 49.7 Å². The zero-order valence-electron chi connectivity index (χ0n) is 12.6. The Balaban J connectivity index is 1.78. The van der Waals surface area contributed by atoms with Crippen molar-refractivity contribution in [3.8, 4) is 0 Å². The van der Waals surface area contributed by atoms with Gasteiger partial charge in [0.1, 0.15) is 6.54 Å². The number of amides is 1. The van der Waals surface area contributed by atoms with E-state index >= 15 is 0 Å². The molecule has 0 fully saturated rings. The van der Waals surface area contributed by atoms with Gasteiger partial charge in [-0.1, -0.05) is 29.3 Å². The lowest BCUT2D eigenvalue weighted by atomic mass is 10.1. The molecular weight excluding hydrogens is 296 g/mol. The van der Waals surface area contributed by atoms with Crippen molar-refractivity contribution in [3.63, 3.8) is 0 Å². The van der Waals surface area contributed by atoms with Gasteiger partial charge in [0, 0.05) is 27.8 Å². The SMILES string of the molecule is Cc1ccc(NC(=O)Cn2ccc3cc(Cl)ccc32)c(C)c1. The molecule has 2 aromatic carbocycles. The first kappa shape index (κ1) is 14.7. The molecular formula is C18H17ClN2O. The number of fused-ring (bicyclic) bond motifs is 1. The van der Waals surface area contributed by atoms with E-state index in [1.165, 1.54) is 5.56 Å². The minimum atomic E-state index is -0.0422. The standard InChI is InChI=1S/C18H17ClN2O/c1-12-3-5-16(13(2)9-12)20-18(22)11-21-8-7-14-10-15(19)4-6-17(14)21/h3-10H,11H2,1-2H3,(H,20,22). The highest BCUT2D eigenvalue weighted by molar-refractivity contribution is 6.31. The maximum atomic E-state index is 12.3. The average molecular weight is 313 g/mol. The molecule has 3 aromatic rings. The molecule has 0 aliphatic rings. The average Bonchev–Trinajstić information content (AvgIpc) is 2.84. The van der Waals surface area contributed by atoms with Crippen LogP contribution in [0.1, 0.15) is 11.1 Å². The summed E-state index contributed by atoms with van der Waals surface area (Å²) in [5.74, 6) is -0.0422. The lowest BCUT2D eigenvalue weighted by Gasteiger charge is -2.10. The van der Waals surface area contributed by atoms with E-state index in [0.717, 1.165) is 22.2 Å². The van der Waals surface area contributed by atoms with E-state index in [1.807, 2.05) is 61.0 Å². The number of carbonyl (C=O) groups is 1. The van der Waals surface area contributed by atoms with Crippen LogP contribution in [0.4, 0.5) is 5.69 Å². The van der Waals surface area contributed by atoms with Gasteiger partial charge in [-0.15, -0.1) is 0 Å². The quantitative estimate of drug-likeness (QED) is 0.756. The van der Waals surface area contributed by atoms with Crippen LogP contribution in [-0.2, 0) is 11.3 Å². The molecule has 1 amide bonds. The molecule has 1 aromatic heterocycles. The molecule has 0 unspecified atom stereocenters. The van der Waals surface area contributed by atoms with Crippen molar-refractivity contribution in [1.82, 2.24) is 4.57 Å². The van der Waals surface area contributed by atoms with E-state index in [1.54, 1.807) is 0 Å². The lowest BCUT2D eigenvalue weighted by molar-refractivity contribution is -0.116. The Morgan fingerprint density at radius 3 is 2.73 bits per heavy atom. The molecule has 22 heavy (non-hydrogen) atoms. The zero-order chi connectivity index (χ0) is 15.7. The number of nitrogens with one attached hydrogen (secondary N) is 1. The number of anilines is 1. The maximum Gasteiger partial charge on any atom is 0.244 e. The Hall–Kier alpha value is -2.26. The van der Waals surface area contributed by atoms with Gasteiger partial charge >= 0.3 is 0 Å². The Bertz CT molecular complexity index is 851. The monoisotopic (exact) mass is 312 g/mol. The van der Waals surface area contributed by atoms with Gasteiger partial charge in [-0.3, -0.25) is 4.79 Å². The number of aryl methyl sites for hydroxylation is 2. The summed E-state index contributed by atoms with van der Waals surface area (Å²) in [7, 11) is 0. The summed E-state index contributed by atoms with van der Waals surface area (Å²) in [4.78, 5) is 12.3. The van der Waals surface area contributed by atoms with E-state index in [2.05, 4.69) is 11.4 Å². The number of rotatable bonds is 3. The van der Waals surface area contributed by atoms with Gasteiger partial charge in [0.25, 0.3) is 0 Å². The van der Waals surface area contributed by atoms with E-state index in [9.17, 15) is 4.79 Å². The van der Waals surface area contributed by atoms with Crippen LogP contribution in [-0.4, -0.2) is 10.5 Å². The van der Waals surface area contributed by atoms with Crippen LogP contribution >= 0.6 is 11.6 Å². The molecule has 0 saturated heterocycles. The topological polar surface area (TPSA) is 34.0 Å². The van der Waals surface area contributed by atoms with E-state index in [4.69, 9.17) is 11.6 Å². The second-order valence-electron chi connectivity index (χ2n) is 5.51. The number of benzene rings is 2. The molecule has 0 spiro atoms. The molecule has 0 radical (unpaired) electrons. The minimum absolute atomic E-state index is 0.0422. The molecule has 3 nitrogen and oxygen atoms in total. The highest BCUT2D eigenvalue weighted by Crippen LogP contribution is 2.21. The summed E-state index contributed by atoms with van der Waals surface area (Å²) < 4.78 is 1.92. The van der Waals surface area contributed by atoms with Gasteiger partial charge in [-0.25, -0.2) is 0 Å². The molecule has 0 aliphatic heterocycles. The van der Waals surface area contributed by atoms with Crippen molar-refractivity contribution in [2.24, 2.45) is 0 Å². The molecule has 0 bridgehead atoms. The summed E-state index contributed by atoms with van der Waals surface area (Å²) in [5, 5.41) is 4.70. The Morgan fingerprint density at radius 1 is 1.14 bits per heavy atom.